The first-order valence-electron chi connectivity index (χ1n) is 9.82. The second kappa shape index (κ2) is 8.61. The fourth-order valence-corrected chi connectivity index (χ4v) is 3.04. The Bertz CT molecular complexity index is 1010. The minimum absolute atomic E-state index is 0.464. The van der Waals surface area contributed by atoms with Crippen LogP contribution < -0.4 is 16.0 Å². The summed E-state index contributed by atoms with van der Waals surface area (Å²) < 4.78 is 0. The van der Waals surface area contributed by atoms with E-state index < -0.39 is 0 Å². The van der Waals surface area contributed by atoms with Gasteiger partial charge in [0.15, 0.2) is 0 Å². The van der Waals surface area contributed by atoms with Gasteiger partial charge >= 0.3 is 0 Å². The van der Waals surface area contributed by atoms with Gasteiger partial charge in [0.1, 0.15) is 0 Å². The van der Waals surface area contributed by atoms with Gasteiger partial charge in [0.25, 0.3) is 0 Å². The number of aryl methyl sites for hydroxylation is 3. The Morgan fingerprint density at radius 1 is 0.433 bits per heavy atom. The van der Waals surface area contributed by atoms with Gasteiger partial charge in [-0.05, 0) is 55.7 Å². The summed E-state index contributed by atoms with van der Waals surface area (Å²) in [5, 5.41) is 9.93. The fraction of sp³-hybridized carbons (Fsp3) is 0.125. The molecule has 4 rings (SSSR count). The molecule has 6 heteroatoms. The van der Waals surface area contributed by atoms with Crippen LogP contribution in [0.5, 0.6) is 0 Å². The topological polar surface area (TPSA) is 74.8 Å². The van der Waals surface area contributed by atoms with Gasteiger partial charge in [-0.15, -0.1) is 0 Å². The Hall–Kier alpha value is -3.93. The lowest BCUT2D eigenvalue weighted by molar-refractivity contribution is 1.06. The molecule has 0 bridgehead atoms. The van der Waals surface area contributed by atoms with E-state index in [9.17, 15) is 0 Å². The number of nitrogens with one attached hydrogen (secondary N) is 3. The molecule has 0 saturated carbocycles. The van der Waals surface area contributed by atoms with Crippen LogP contribution in [0.25, 0.3) is 0 Å². The van der Waals surface area contributed by atoms with Crippen molar-refractivity contribution in [3.8, 4) is 0 Å². The Balaban J connectivity index is 1.70. The Morgan fingerprint density at radius 3 is 0.967 bits per heavy atom. The van der Waals surface area contributed by atoms with Crippen LogP contribution in [0.1, 0.15) is 16.7 Å². The summed E-state index contributed by atoms with van der Waals surface area (Å²) in [6, 6.07) is 24.1. The maximum atomic E-state index is 4.59. The Kier molecular flexibility index (Phi) is 5.57. The molecular weight excluding hydrogens is 372 g/mol. The molecule has 0 radical (unpaired) electrons. The van der Waals surface area contributed by atoms with Crippen molar-refractivity contribution in [1.29, 1.82) is 0 Å². The number of benzene rings is 3. The highest BCUT2D eigenvalue weighted by Gasteiger charge is 2.10. The zero-order valence-corrected chi connectivity index (χ0v) is 17.3. The van der Waals surface area contributed by atoms with Crippen LogP contribution in [0.4, 0.5) is 34.9 Å². The molecular formula is C24H24N6. The van der Waals surface area contributed by atoms with Crippen LogP contribution in [0.2, 0.25) is 0 Å². The van der Waals surface area contributed by atoms with Gasteiger partial charge in [-0.25, -0.2) is 0 Å². The van der Waals surface area contributed by atoms with E-state index in [-0.39, 0.29) is 0 Å². The van der Waals surface area contributed by atoms with E-state index in [2.05, 4.69) is 30.9 Å². The standard InChI is InChI=1S/C24H24N6/c1-16-10-4-7-13-19(16)25-22-28-23(26-20-14-8-5-11-17(20)2)30-24(29-22)27-21-15-9-6-12-18(21)3/h4-15H,1-3H3,(H3,25,26,27,28,29,30). The molecule has 3 aromatic carbocycles. The van der Waals surface area contributed by atoms with E-state index in [4.69, 9.17) is 0 Å². The van der Waals surface area contributed by atoms with Crippen molar-refractivity contribution >= 4 is 34.9 Å². The molecule has 0 unspecified atom stereocenters. The third kappa shape index (κ3) is 4.55. The predicted octanol–water partition coefficient (Wildman–Crippen LogP) is 6.03. The Labute approximate surface area is 176 Å². The molecule has 0 amide bonds. The van der Waals surface area contributed by atoms with Crippen molar-refractivity contribution in [2.24, 2.45) is 0 Å². The number of nitrogens with zero attached hydrogens (tertiary/aromatic N) is 3. The van der Waals surface area contributed by atoms with Crippen LogP contribution in [0, 0.1) is 20.8 Å². The first kappa shape index (κ1) is 19.4. The van der Waals surface area contributed by atoms with Crippen LogP contribution in [-0.2, 0) is 0 Å². The average molecular weight is 396 g/mol. The minimum atomic E-state index is 0.464. The Morgan fingerprint density at radius 2 is 0.700 bits per heavy atom. The summed E-state index contributed by atoms with van der Waals surface area (Å²) in [5.41, 5.74) is 6.19. The van der Waals surface area contributed by atoms with E-state index >= 15 is 0 Å². The molecule has 0 saturated heterocycles. The predicted molar refractivity (Wildman–Crippen MR) is 123 cm³/mol. The van der Waals surface area contributed by atoms with E-state index in [0.29, 0.717) is 17.8 Å². The molecule has 0 aliphatic carbocycles. The summed E-state index contributed by atoms with van der Waals surface area (Å²) >= 11 is 0. The van der Waals surface area contributed by atoms with Gasteiger partial charge in [-0.1, -0.05) is 54.6 Å². The number of anilines is 6. The quantitative estimate of drug-likeness (QED) is 0.370. The maximum absolute atomic E-state index is 4.59. The molecule has 1 heterocycles. The van der Waals surface area contributed by atoms with E-state index in [1.165, 1.54) is 0 Å². The lowest BCUT2D eigenvalue weighted by Gasteiger charge is -2.14. The monoisotopic (exact) mass is 396 g/mol. The third-order valence-electron chi connectivity index (χ3n) is 4.81. The van der Waals surface area contributed by atoms with Crippen LogP contribution in [0.15, 0.2) is 72.8 Å². The second-order valence-corrected chi connectivity index (χ2v) is 7.13. The molecule has 150 valence electrons. The van der Waals surface area contributed by atoms with E-state index in [0.717, 1.165) is 33.8 Å². The average Bonchev–Trinajstić information content (AvgIpc) is 2.73. The van der Waals surface area contributed by atoms with Crippen molar-refractivity contribution in [1.82, 2.24) is 15.0 Å². The van der Waals surface area contributed by atoms with Gasteiger partial charge in [0.05, 0.1) is 0 Å². The van der Waals surface area contributed by atoms with Gasteiger partial charge in [0.2, 0.25) is 17.8 Å². The van der Waals surface area contributed by atoms with E-state index in [1.807, 2.05) is 93.6 Å². The summed E-state index contributed by atoms with van der Waals surface area (Å²) in [6.07, 6.45) is 0. The smallest absolute Gasteiger partial charge is 0.233 e. The highest BCUT2D eigenvalue weighted by atomic mass is 15.3. The molecule has 30 heavy (non-hydrogen) atoms. The third-order valence-corrected chi connectivity index (χ3v) is 4.81. The molecule has 1 aromatic heterocycles. The highest BCUT2D eigenvalue weighted by Crippen LogP contribution is 2.24. The van der Waals surface area contributed by atoms with Gasteiger partial charge in [-0.3, -0.25) is 0 Å². The van der Waals surface area contributed by atoms with Crippen molar-refractivity contribution in [3.63, 3.8) is 0 Å². The summed E-state index contributed by atoms with van der Waals surface area (Å²) in [5.74, 6) is 1.39. The molecule has 0 aliphatic heterocycles. The second-order valence-electron chi connectivity index (χ2n) is 7.13. The van der Waals surface area contributed by atoms with Gasteiger partial charge in [-0.2, -0.15) is 15.0 Å². The number of aromatic nitrogens is 3. The fourth-order valence-electron chi connectivity index (χ4n) is 3.04. The molecule has 0 fully saturated rings. The number of hydrogen-bond donors (Lipinski definition) is 3. The maximum Gasteiger partial charge on any atom is 0.233 e. The molecule has 4 aromatic rings. The van der Waals surface area contributed by atoms with E-state index in [1.54, 1.807) is 0 Å². The number of hydrogen-bond acceptors (Lipinski definition) is 6. The van der Waals surface area contributed by atoms with Crippen molar-refractivity contribution in [2.75, 3.05) is 16.0 Å². The minimum Gasteiger partial charge on any atom is -0.324 e. The van der Waals surface area contributed by atoms with Crippen LogP contribution in [-0.4, -0.2) is 15.0 Å². The highest BCUT2D eigenvalue weighted by molar-refractivity contribution is 5.65. The summed E-state index contributed by atoms with van der Waals surface area (Å²) in [6.45, 7) is 6.13. The van der Waals surface area contributed by atoms with Crippen molar-refractivity contribution < 1.29 is 0 Å². The van der Waals surface area contributed by atoms with Gasteiger partial charge in [0, 0.05) is 17.1 Å². The largest absolute Gasteiger partial charge is 0.324 e. The number of rotatable bonds is 6. The molecule has 0 spiro atoms. The lowest BCUT2D eigenvalue weighted by Crippen LogP contribution is -2.08. The van der Waals surface area contributed by atoms with Crippen molar-refractivity contribution in [3.05, 3.63) is 89.5 Å². The first-order valence-corrected chi connectivity index (χ1v) is 9.82. The van der Waals surface area contributed by atoms with Crippen LogP contribution >= 0.6 is 0 Å². The zero-order chi connectivity index (χ0) is 20.9. The zero-order valence-electron chi connectivity index (χ0n) is 17.3. The van der Waals surface area contributed by atoms with Crippen LogP contribution in [0.3, 0.4) is 0 Å². The normalized spacial score (nSPS) is 10.5. The first-order chi connectivity index (χ1) is 14.6. The van der Waals surface area contributed by atoms with Crippen molar-refractivity contribution in [2.45, 2.75) is 20.8 Å². The SMILES string of the molecule is Cc1ccccc1Nc1nc(Nc2ccccc2C)nc(Nc2ccccc2C)n1. The number of para-hydroxylation sites is 3. The molecule has 6 nitrogen and oxygen atoms in total. The molecule has 0 atom stereocenters. The molecule has 0 aliphatic rings. The lowest BCUT2D eigenvalue weighted by atomic mass is 10.2. The molecule has 3 N–H and O–H groups in total. The van der Waals surface area contributed by atoms with Gasteiger partial charge < -0.3 is 16.0 Å². The summed E-state index contributed by atoms with van der Waals surface area (Å²) in [7, 11) is 0. The summed E-state index contributed by atoms with van der Waals surface area (Å²) in [4.78, 5) is 13.8.